The van der Waals surface area contributed by atoms with Crippen molar-refractivity contribution in [3.63, 3.8) is 0 Å². The van der Waals surface area contributed by atoms with Crippen molar-refractivity contribution in [3.8, 4) is 34.5 Å². The van der Waals surface area contributed by atoms with Crippen LogP contribution in [-0.2, 0) is 4.74 Å². The van der Waals surface area contributed by atoms with Crippen molar-refractivity contribution >= 4 is 44.7 Å². The minimum absolute atomic E-state index is 0. The molecule has 302 valence electrons. The summed E-state index contributed by atoms with van der Waals surface area (Å²) in [6.07, 6.45) is 1.23. The van der Waals surface area contributed by atoms with Crippen LogP contribution in [-0.4, -0.2) is 76.4 Å². The molecular weight excluding hydrogens is 786 g/mol. The Labute approximate surface area is 350 Å². The molecule has 1 N–H and O–H groups in total. The van der Waals surface area contributed by atoms with Crippen molar-refractivity contribution in [2.75, 3.05) is 65.4 Å². The molecule has 4 atom stereocenters. The van der Waals surface area contributed by atoms with Crippen LogP contribution in [0.1, 0.15) is 41.3 Å². The third-order valence-corrected chi connectivity index (χ3v) is 10.0. The summed E-state index contributed by atoms with van der Waals surface area (Å²) in [5, 5.41) is 3.39. The number of halogens is 3. The van der Waals surface area contributed by atoms with Gasteiger partial charge in [-0.15, -0.1) is 11.6 Å². The van der Waals surface area contributed by atoms with Crippen LogP contribution in [0, 0.1) is 23.5 Å². The van der Waals surface area contributed by atoms with Gasteiger partial charge in [-0.1, -0.05) is 24.3 Å². The maximum Gasteiger partial charge on any atom is 0.409 e. The van der Waals surface area contributed by atoms with Crippen molar-refractivity contribution in [1.29, 1.82) is 0 Å². The molecule has 0 bridgehead atoms. The Morgan fingerprint density at radius 1 is 0.750 bits per heavy atom. The lowest BCUT2D eigenvalue weighted by Gasteiger charge is -2.38. The van der Waals surface area contributed by atoms with Crippen molar-refractivity contribution in [2.45, 2.75) is 24.7 Å². The average Bonchev–Trinajstić information content (AvgIpc) is 3.70. The molecule has 10 nitrogen and oxygen atoms in total. The van der Waals surface area contributed by atoms with Gasteiger partial charge in [-0.2, -0.15) is 27.0 Å². The Morgan fingerprint density at radius 3 is 1.82 bits per heavy atom. The van der Waals surface area contributed by atoms with Crippen LogP contribution >= 0.6 is 38.6 Å². The van der Waals surface area contributed by atoms with E-state index in [0.717, 1.165) is 30.6 Å². The third kappa shape index (κ3) is 11.0. The molecule has 0 saturated carbocycles. The number of benzene rings is 4. The van der Waals surface area contributed by atoms with E-state index in [1.165, 1.54) is 24.3 Å². The van der Waals surface area contributed by atoms with Crippen LogP contribution in [0.25, 0.3) is 0 Å². The average molecular weight is 837 g/mol. The van der Waals surface area contributed by atoms with Crippen LogP contribution in [0.2, 0.25) is 0 Å². The molecule has 4 aliphatic rings. The second kappa shape index (κ2) is 20.8. The van der Waals surface area contributed by atoms with Gasteiger partial charge in [-0.25, -0.2) is 13.6 Å². The van der Waals surface area contributed by atoms with Gasteiger partial charge in [0, 0.05) is 43.6 Å². The van der Waals surface area contributed by atoms with Crippen LogP contribution < -0.4 is 33.7 Å². The van der Waals surface area contributed by atoms with Crippen molar-refractivity contribution in [2.24, 2.45) is 11.8 Å². The quantitative estimate of drug-likeness (QED) is 0.160. The zero-order valence-corrected chi connectivity index (χ0v) is 33.1. The summed E-state index contributed by atoms with van der Waals surface area (Å²) in [6, 6.07) is 22.9. The molecule has 15 heteroatoms. The number of fused-ring (bicyclic) bond motifs is 2. The summed E-state index contributed by atoms with van der Waals surface area (Å²) in [6.45, 7) is -0.731. The summed E-state index contributed by atoms with van der Waals surface area (Å²) in [4.78, 5) is 14.0. The summed E-state index contributed by atoms with van der Waals surface area (Å²) < 4.78 is 94.1. The highest BCUT2D eigenvalue weighted by Crippen LogP contribution is 2.38. The zero-order chi connectivity index (χ0) is 40.9. The number of nitrogens with one attached hydrogen (secondary N) is 1. The lowest BCUT2D eigenvalue weighted by atomic mass is 9.81. The van der Waals surface area contributed by atoms with Crippen LogP contribution in [0.15, 0.2) is 84.9 Å². The van der Waals surface area contributed by atoms with E-state index in [9.17, 15) is 13.6 Å². The van der Waals surface area contributed by atoms with Crippen molar-refractivity contribution in [1.82, 2.24) is 10.2 Å². The molecule has 4 aromatic rings. The molecule has 0 aliphatic carbocycles. The first-order valence-corrected chi connectivity index (χ1v) is 18.4. The first-order chi connectivity index (χ1) is 27.8. The fraction of sp³-hybridized carbons (Fsp3) is 0.390. The van der Waals surface area contributed by atoms with E-state index in [0.29, 0.717) is 60.8 Å². The molecule has 4 aliphatic heterocycles. The highest BCUT2D eigenvalue weighted by Gasteiger charge is 2.34. The number of rotatable bonds is 10. The lowest BCUT2D eigenvalue weighted by molar-refractivity contribution is 0.0717. The van der Waals surface area contributed by atoms with E-state index >= 15 is 0 Å². The Balaban J connectivity index is 0.000000224. The Hall–Kier alpha value is -4.24. The number of piperidine rings is 2. The van der Waals surface area contributed by atoms with Gasteiger partial charge in [0.1, 0.15) is 35.2 Å². The highest BCUT2D eigenvalue weighted by molar-refractivity contribution is 7.59. The summed E-state index contributed by atoms with van der Waals surface area (Å²) in [5.41, 5.74) is 2.10. The molecule has 4 heterocycles. The van der Waals surface area contributed by atoms with Crippen molar-refractivity contribution in [3.05, 3.63) is 108 Å². The van der Waals surface area contributed by atoms with Crippen molar-refractivity contribution < 1.29 is 52.2 Å². The molecule has 0 radical (unpaired) electrons. The summed E-state index contributed by atoms with van der Waals surface area (Å²) >= 11 is 5.62. The van der Waals surface area contributed by atoms with E-state index in [1.54, 1.807) is 53.4 Å². The smallest absolute Gasteiger partial charge is 0.409 e. The predicted molar refractivity (Wildman–Crippen MR) is 218 cm³/mol. The Morgan fingerprint density at radius 2 is 1.27 bits per heavy atom. The Kier molecular flexibility index (Phi) is 13.9. The summed E-state index contributed by atoms with van der Waals surface area (Å²) in [5.74, 6) is 2.62. The molecule has 1 amide bonds. The third-order valence-electron chi connectivity index (χ3n) is 9.86. The van der Waals surface area contributed by atoms with Gasteiger partial charge in [0.25, 0.3) is 0 Å². The number of amides is 1. The minimum Gasteiger partial charge on any atom is -0.493 e. The highest BCUT2D eigenvalue weighted by atomic mass is 35.5. The van der Waals surface area contributed by atoms with Gasteiger partial charge in [0.2, 0.25) is 13.5 Å². The molecular formula is C41H47ClF2N2O8S2. The van der Waals surface area contributed by atoms with Gasteiger partial charge in [-0.3, -0.25) is 0 Å². The van der Waals surface area contributed by atoms with Gasteiger partial charge >= 0.3 is 6.09 Å². The van der Waals surface area contributed by atoms with Gasteiger partial charge in [0.15, 0.2) is 23.0 Å². The minimum atomic E-state index is -2.21. The largest absolute Gasteiger partial charge is 0.493 e. The molecule has 2 unspecified atom stereocenters. The molecule has 0 aromatic heterocycles. The Bertz CT molecular complexity index is 2050. The monoisotopic (exact) mass is 836 g/mol. The number of nitrogens with zero attached hydrogens (tertiary/aromatic N) is 1. The maximum atomic E-state index is 13.4. The van der Waals surface area contributed by atoms with Gasteiger partial charge in [0.05, 0.1) is 19.1 Å². The van der Waals surface area contributed by atoms with E-state index in [2.05, 4.69) is 5.32 Å². The molecule has 2 saturated heterocycles. The first kappa shape index (κ1) is 37.3. The molecule has 0 spiro atoms. The van der Waals surface area contributed by atoms with Gasteiger partial charge < -0.3 is 43.4 Å². The topological polar surface area (TPSA) is 97.0 Å². The second-order valence-corrected chi connectivity index (χ2v) is 13.7. The van der Waals surface area contributed by atoms with Gasteiger partial charge in [-0.05, 0) is 90.9 Å². The number of likely N-dealkylation sites (tertiary alicyclic amines) is 1. The molecule has 4 aromatic carbocycles. The van der Waals surface area contributed by atoms with Crippen LogP contribution in [0.3, 0.4) is 0 Å². The first-order valence-electron chi connectivity index (χ1n) is 19.8. The number of carbonyl (C=O) groups excluding carboxylic acids is 1. The number of carbonyl (C=O) groups is 1. The summed E-state index contributed by atoms with van der Waals surface area (Å²) in [7, 11) is 0. The van der Waals surface area contributed by atoms with E-state index in [-0.39, 0.29) is 81.2 Å². The van der Waals surface area contributed by atoms with E-state index in [4.69, 9.17) is 50.2 Å². The lowest BCUT2D eigenvalue weighted by Crippen LogP contribution is -2.45. The standard InChI is InChI=1S/C22H23ClFNO5.C19H20FNO3.2H2S/c23-8-10-27-22(26)25-9-7-19(15-1-3-17(24)4-2-15)16(12-25)13-28-18-5-6-20-21(11-18)30-14-29-20;20-15-3-1-13(2-4-15)17-7-8-21-10-14(17)11-22-16-5-6-18-19(9-16)24-12-23-18;;/h1-6,11,16,19H,7-10,12-14H2;1-6,9,14,17,21H,7-8,10-12H2;2*1H2/t16?,19-;14?,17-;;/m00../s1/i14D2;12D2;;. The van der Waals surface area contributed by atoms with E-state index < -0.39 is 19.6 Å². The number of alkyl halides is 1. The fourth-order valence-corrected chi connectivity index (χ4v) is 7.17. The second-order valence-electron chi connectivity index (χ2n) is 13.3. The zero-order valence-electron chi connectivity index (χ0n) is 34.3. The molecule has 8 rings (SSSR count). The van der Waals surface area contributed by atoms with E-state index in [1.807, 2.05) is 12.1 Å². The number of ether oxygens (including phenoxy) is 7. The normalized spacial score (nSPS) is 23.2. The fourth-order valence-electron chi connectivity index (χ4n) is 7.09. The molecule has 2 fully saturated rings. The maximum absolute atomic E-state index is 13.4. The SMILES string of the molecule is S.S.[2H]C1([2H])Oc2ccc(OCC3CN(C(=O)OCCCl)CC[C@H]3c3ccc(F)cc3)cc2O1.[2H]C1([2H])Oc2ccc(OCC3CNCC[C@H]3c3ccc(F)cc3)cc2O1. The van der Waals surface area contributed by atoms with Crippen LogP contribution in [0.4, 0.5) is 13.6 Å². The van der Waals surface area contributed by atoms with Crippen LogP contribution in [0.5, 0.6) is 34.5 Å². The number of hydrogen-bond acceptors (Lipinski definition) is 9. The number of hydrogen-bond donors (Lipinski definition) is 1. The predicted octanol–water partition coefficient (Wildman–Crippen LogP) is 7.97. The molecule has 56 heavy (non-hydrogen) atoms.